The molecule has 2 rings (SSSR count). The first-order valence-corrected chi connectivity index (χ1v) is 6.08. The van der Waals surface area contributed by atoms with Crippen molar-refractivity contribution >= 4 is 15.9 Å². The van der Waals surface area contributed by atoms with Gasteiger partial charge in [0.15, 0.2) is 23.3 Å². The van der Waals surface area contributed by atoms with Crippen molar-refractivity contribution < 1.29 is 22.0 Å². The van der Waals surface area contributed by atoms with Gasteiger partial charge in [0.2, 0.25) is 5.82 Å². The van der Waals surface area contributed by atoms with Crippen LogP contribution >= 0.6 is 15.9 Å². The molecule has 0 atom stereocenters. The molecule has 19 heavy (non-hydrogen) atoms. The Morgan fingerprint density at radius 3 is 2.00 bits per heavy atom. The average molecular weight is 342 g/mol. The monoisotopic (exact) mass is 341 g/mol. The molecule has 0 aliphatic carbocycles. The van der Waals surface area contributed by atoms with Crippen LogP contribution in [0.25, 0.3) is 5.69 Å². The summed E-state index contributed by atoms with van der Waals surface area (Å²) in [5, 5.41) is 7.42. The Labute approximate surface area is 112 Å². The normalized spacial score (nSPS) is 11.1. The molecule has 0 N–H and O–H groups in total. The number of halogens is 6. The van der Waals surface area contributed by atoms with Crippen molar-refractivity contribution in [2.24, 2.45) is 0 Å². The first-order chi connectivity index (χ1) is 8.97. The van der Waals surface area contributed by atoms with Crippen molar-refractivity contribution in [3.05, 3.63) is 41.0 Å². The highest BCUT2D eigenvalue weighted by Gasteiger charge is 2.27. The Balaban J connectivity index is 2.61. The van der Waals surface area contributed by atoms with E-state index in [9.17, 15) is 22.0 Å². The minimum atomic E-state index is -2.21. The molecule has 0 bridgehead atoms. The van der Waals surface area contributed by atoms with Crippen LogP contribution < -0.4 is 0 Å². The molecule has 0 radical (unpaired) electrons. The van der Waals surface area contributed by atoms with E-state index in [4.69, 9.17) is 0 Å². The Hall–Kier alpha value is -1.51. The first kappa shape index (κ1) is 13.9. The van der Waals surface area contributed by atoms with Crippen LogP contribution in [0.15, 0.2) is 6.20 Å². The number of aryl methyl sites for hydroxylation is 1. The lowest BCUT2D eigenvalue weighted by Crippen LogP contribution is -2.10. The number of benzene rings is 1. The second-order valence-corrected chi connectivity index (χ2v) is 4.30. The zero-order valence-electron chi connectivity index (χ0n) is 9.10. The maximum atomic E-state index is 13.5. The Morgan fingerprint density at radius 1 is 0.947 bits per heavy atom. The Bertz CT molecular complexity index is 599. The average Bonchev–Trinajstić information content (AvgIpc) is 2.83. The van der Waals surface area contributed by atoms with Gasteiger partial charge in [0.05, 0.1) is 11.9 Å². The Morgan fingerprint density at radius 2 is 1.47 bits per heavy atom. The molecule has 9 heteroatoms. The van der Waals surface area contributed by atoms with Crippen LogP contribution in [0, 0.1) is 29.1 Å². The number of rotatable bonds is 3. The van der Waals surface area contributed by atoms with Crippen LogP contribution in [-0.4, -0.2) is 20.3 Å². The lowest BCUT2D eigenvalue weighted by atomic mass is 10.2. The van der Waals surface area contributed by atoms with E-state index in [-0.39, 0.29) is 0 Å². The first-order valence-electron chi connectivity index (χ1n) is 4.96. The quantitative estimate of drug-likeness (QED) is 0.372. The molecule has 1 heterocycles. The SMILES string of the molecule is Fc1c(F)c(F)c(-n2cc(CCBr)nn2)c(F)c1F. The molecule has 0 saturated carbocycles. The summed E-state index contributed by atoms with van der Waals surface area (Å²) in [7, 11) is 0. The molecule has 0 unspecified atom stereocenters. The number of nitrogens with zero attached hydrogens (tertiary/aromatic N) is 3. The third-order valence-electron chi connectivity index (χ3n) is 2.31. The predicted molar refractivity (Wildman–Crippen MR) is 58.6 cm³/mol. The van der Waals surface area contributed by atoms with Crippen molar-refractivity contribution in [2.75, 3.05) is 5.33 Å². The lowest BCUT2D eigenvalue weighted by Gasteiger charge is -2.06. The van der Waals surface area contributed by atoms with Crippen molar-refractivity contribution in [1.82, 2.24) is 15.0 Å². The van der Waals surface area contributed by atoms with E-state index in [0.717, 1.165) is 6.20 Å². The minimum Gasteiger partial charge on any atom is -0.214 e. The van der Waals surface area contributed by atoms with E-state index in [1.807, 2.05) is 0 Å². The maximum absolute atomic E-state index is 13.5. The summed E-state index contributed by atoms with van der Waals surface area (Å²) >= 11 is 3.12. The van der Waals surface area contributed by atoms with Crippen molar-refractivity contribution in [3.8, 4) is 5.69 Å². The topological polar surface area (TPSA) is 30.7 Å². The summed E-state index contributed by atoms with van der Waals surface area (Å²) in [4.78, 5) is 0. The van der Waals surface area contributed by atoms with E-state index < -0.39 is 34.8 Å². The molecule has 0 spiro atoms. The van der Waals surface area contributed by atoms with Gasteiger partial charge in [0, 0.05) is 11.8 Å². The van der Waals surface area contributed by atoms with E-state index in [0.29, 0.717) is 22.1 Å². The van der Waals surface area contributed by atoms with Gasteiger partial charge in [-0.2, -0.15) is 0 Å². The van der Waals surface area contributed by atoms with Crippen molar-refractivity contribution in [1.29, 1.82) is 0 Å². The van der Waals surface area contributed by atoms with E-state index >= 15 is 0 Å². The van der Waals surface area contributed by atoms with E-state index in [2.05, 4.69) is 26.2 Å². The highest BCUT2D eigenvalue weighted by Crippen LogP contribution is 2.25. The molecule has 1 aromatic carbocycles. The second-order valence-electron chi connectivity index (χ2n) is 3.51. The van der Waals surface area contributed by atoms with Crippen LogP contribution in [0.5, 0.6) is 0 Å². The van der Waals surface area contributed by atoms with Gasteiger partial charge in [-0.05, 0) is 0 Å². The molecular weight excluding hydrogens is 337 g/mol. The van der Waals surface area contributed by atoms with Crippen LogP contribution in [0.2, 0.25) is 0 Å². The summed E-state index contributed by atoms with van der Waals surface area (Å²) in [5.74, 6) is -10.2. The number of aromatic nitrogens is 3. The van der Waals surface area contributed by atoms with Crippen LogP contribution in [-0.2, 0) is 6.42 Å². The molecule has 0 saturated heterocycles. The second kappa shape index (κ2) is 5.24. The third-order valence-corrected chi connectivity index (χ3v) is 2.70. The van der Waals surface area contributed by atoms with Gasteiger partial charge in [0.25, 0.3) is 0 Å². The van der Waals surface area contributed by atoms with Crippen molar-refractivity contribution in [3.63, 3.8) is 0 Å². The largest absolute Gasteiger partial charge is 0.214 e. The predicted octanol–water partition coefficient (Wildman–Crippen LogP) is 2.90. The number of hydrogen-bond acceptors (Lipinski definition) is 2. The van der Waals surface area contributed by atoms with Gasteiger partial charge in [-0.3, -0.25) is 0 Å². The zero-order chi connectivity index (χ0) is 14.2. The minimum absolute atomic E-state index is 0.348. The van der Waals surface area contributed by atoms with Gasteiger partial charge in [0.1, 0.15) is 5.69 Å². The molecule has 0 fully saturated rings. The van der Waals surface area contributed by atoms with Gasteiger partial charge in [-0.25, -0.2) is 26.6 Å². The molecule has 0 aliphatic heterocycles. The van der Waals surface area contributed by atoms with Crippen LogP contribution in [0.4, 0.5) is 22.0 Å². The fraction of sp³-hybridized carbons (Fsp3) is 0.200. The fourth-order valence-corrected chi connectivity index (χ4v) is 1.82. The standard InChI is InChI=1S/C10H5BrF5N3/c11-2-1-4-3-19(18-17-4)10-8(15)6(13)5(12)7(14)9(10)16/h3H,1-2H2. The number of alkyl halides is 1. The van der Waals surface area contributed by atoms with E-state index in [1.165, 1.54) is 0 Å². The summed E-state index contributed by atoms with van der Waals surface area (Å²) in [6.45, 7) is 0. The molecule has 2 aromatic rings. The van der Waals surface area contributed by atoms with Crippen molar-refractivity contribution in [2.45, 2.75) is 6.42 Å². The summed E-state index contributed by atoms with van der Waals surface area (Å²) < 4.78 is 66.3. The smallest absolute Gasteiger partial charge is 0.200 e. The van der Waals surface area contributed by atoms with Crippen LogP contribution in [0.3, 0.4) is 0 Å². The summed E-state index contributed by atoms with van der Waals surface area (Å²) in [5.41, 5.74) is -0.800. The molecule has 0 aliphatic rings. The van der Waals surface area contributed by atoms with Gasteiger partial charge in [-0.1, -0.05) is 21.1 Å². The molecule has 102 valence electrons. The molecule has 3 nitrogen and oxygen atoms in total. The highest BCUT2D eigenvalue weighted by atomic mass is 79.9. The maximum Gasteiger partial charge on any atom is 0.200 e. The third kappa shape index (κ3) is 2.34. The highest BCUT2D eigenvalue weighted by molar-refractivity contribution is 9.09. The molecule has 0 amide bonds. The Kier molecular flexibility index (Phi) is 3.83. The molecular formula is C10H5BrF5N3. The van der Waals surface area contributed by atoms with E-state index in [1.54, 1.807) is 0 Å². The lowest BCUT2D eigenvalue weighted by molar-refractivity contribution is 0.373. The summed E-state index contributed by atoms with van der Waals surface area (Å²) in [6, 6.07) is 0. The van der Waals surface area contributed by atoms with Gasteiger partial charge in [-0.15, -0.1) is 5.10 Å². The van der Waals surface area contributed by atoms with Crippen LogP contribution in [0.1, 0.15) is 5.69 Å². The van der Waals surface area contributed by atoms with Gasteiger partial charge < -0.3 is 0 Å². The molecule has 1 aromatic heterocycles. The number of hydrogen-bond donors (Lipinski definition) is 0. The summed E-state index contributed by atoms with van der Waals surface area (Å²) in [6.07, 6.45) is 1.49. The fourth-order valence-electron chi connectivity index (χ4n) is 1.41. The van der Waals surface area contributed by atoms with Gasteiger partial charge >= 0.3 is 0 Å². The zero-order valence-corrected chi connectivity index (χ0v) is 10.7.